The minimum atomic E-state index is -3.14. The van der Waals surface area contributed by atoms with Gasteiger partial charge in [0.1, 0.15) is 0 Å². The summed E-state index contributed by atoms with van der Waals surface area (Å²) in [5, 5.41) is 2.87. The lowest BCUT2D eigenvalue weighted by Crippen LogP contribution is -2.24. The predicted molar refractivity (Wildman–Crippen MR) is 87.0 cm³/mol. The number of rotatable bonds is 5. The van der Waals surface area contributed by atoms with Crippen LogP contribution in [0.15, 0.2) is 30.3 Å². The summed E-state index contributed by atoms with van der Waals surface area (Å²) in [6, 6.07) is 7.22. The van der Waals surface area contributed by atoms with E-state index in [0.29, 0.717) is 24.6 Å². The zero-order valence-electron chi connectivity index (χ0n) is 12.4. The summed E-state index contributed by atoms with van der Waals surface area (Å²) in [7, 11) is -3.14. The van der Waals surface area contributed by atoms with Crippen LogP contribution >= 0.6 is 0 Å². The predicted octanol–water partition coefficient (Wildman–Crippen LogP) is 1.77. The van der Waals surface area contributed by atoms with Gasteiger partial charge in [-0.25, -0.2) is 8.42 Å². The van der Waals surface area contributed by atoms with E-state index < -0.39 is 10.0 Å². The van der Waals surface area contributed by atoms with Crippen LogP contribution < -0.4 is 9.62 Å². The minimum Gasteiger partial charge on any atom is -0.352 e. The van der Waals surface area contributed by atoms with Gasteiger partial charge in [0.25, 0.3) is 0 Å². The third kappa shape index (κ3) is 3.68. The van der Waals surface area contributed by atoms with Crippen LogP contribution in [0.3, 0.4) is 0 Å². The number of carbonyl (C=O) groups is 1. The van der Waals surface area contributed by atoms with Crippen LogP contribution in [0, 0.1) is 5.92 Å². The van der Waals surface area contributed by atoms with Gasteiger partial charge in [-0.1, -0.05) is 12.1 Å². The summed E-state index contributed by atoms with van der Waals surface area (Å²) in [5.74, 6) is 0.799. The van der Waals surface area contributed by atoms with Gasteiger partial charge in [-0.3, -0.25) is 9.10 Å². The number of nitrogens with zero attached hydrogens (tertiary/aromatic N) is 1. The summed E-state index contributed by atoms with van der Waals surface area (Å²) in [5.41, 5.74) is 1.56. The van der Waals surface area contributed by atoms with Crippen molar-refractivity contribution in [3.63, 3.8) is 0 Å². The van der Waals surface area contributed by atoms with Crippen LogP contribution in [0.2, 0.25) is 0 Å². The number of anilines is 1. The molecule has 3 rings (SSSR count). The molecule has 2 fully saturated rings. The van der Waals surface area contributed by atoms with Crippen molar-refractivity contribution in [1.82, 2.24) is 5.32 Å². The molecule has 1 aromatic rings. The molecule has 2 aliphatic rings. The first-order chi connectivity index (χ1) is 10.5. The average molecular weight is 320 g/mol. The van der Waals surface area contributed by atoms with Crippen molar-refractivity contribution in [2.75, 3.05) is 23.1 Å². The van der Waals surface area contributed by atoms with Crippen molar-refractivity contribution in [1.29, 1.82) is 0 Å². The van der Waals surface area contributed by atoms with E-state index in [-0.39, 0.29) is 11.7 Å². The molecular weight excluding hydrogens is 300 g/mol. The largest absolute Gasteiger partial charge is 0.352 e. The zero-order valence-corrected chi connectivity index (χ0v) is 13.2. The average Bonchev–Trinajstić information content (AvgIpc) is 3.26. The first-order valence-corrected chi connectivity index (χ1v) is 9.22. The van der Waals surface area contributed by atoms with Gasteiger partial charge in [-0.15, -0.1) is 0 Å². The molecule has 0 radical (unpaired) electrons. The van der Waals surface area contributed by atoms with Crippen molar-refractivity contribution in [3.05, 3.63) is 35.9 Å². The van der Waals surface area contributed by atoms with Crippen molar-refractivity contribution in [2.24, 2.45) is 5.92 Å². The van der Waals surface area contributed by atoms with E-state index in [9.17, 15) is 13.2 Å². The molecule has 1 saturated heterocycles. The summed E-state index contributed by atoms with van der Waals surface area (Å²) < 4.78 is 25.2. The highest BCUT2D eigenvalue weighted by Gasteiger charge is 2.28. The van der Waals surface area contributed by atoms with Crippen LogP contribution in [0.5, 0.6) is 0 Å². The molecule has 6 heteroatoms. The Morgan fingerprint density at radius 2 is 2.00 bits per heavy atom. The van der Waals surface area contributed by atoms with Gasteiger partial charge in [0.15, 0.2) is 0 Å². The lowest BCUT2D eigenvalue weighted by Gasteiger charge is -2.16. The molecule has 1 aromatic carbocycles. The fourth-order valence-electron chi connectivity index (χ4n) is 2.48. The number of benzene rings is 1. The maximum absolute atomic E-state index is 11.9. The van der Waals surface area contributed by atoms with E-state index in [1.807, 2.05) is 12.1 Å². The van der Waals surface area contributed by atoms with Crippen molar-refractivity contribution < 1.29 is 13.2 Å². The number of amides is 1. The molecule has 1 aliphatic carbocycles. The number of sulfonamides is 1. The van der Waals surface area contributed by atoms with E-state index in [4.69, 9.17) is 0 Å². The number of nitrogens with one attached hydrogen (secondary N) is 1. The molecule has 1 heterocycles. The Labute approximate surface area is 131 Å². The fraction of sp³-hybridized carbons (Fsp3) is 0.438. The topological polar surface area (TPSA) is 66.5 Å². The number of hydrogen-bond acceptors (Lipinski definition) is 3. The Hall–Kier alpha value is -1.82. The first kappa shape index (κ1) is 15.1. The monoisotopic (exact) mass is 320 g/mol. The molecule has 1 amide bonds. The summed E-state index contributed by atoms with van der Waals surface area (Å²) in [6.45, 7) is 1.30. The van der Waals surface area contributed by atoms with Crippen molar-refractivity contribution in [3.8, 4) is 0 Å². The lowest BCUT2D eigenvalue weighted by atomic mass is 10.2. The van der Waals surface area contributed by atoms with Gasteiger partial charge < -0.3 is 5.32 Å². The molecule has 1 N–H and O–H groups in total. The molecule has 0 aromatic heterocycles. The summed E-state index contributed by atoms with van der Waals surface area (Å²) in [6.07, 6.45) is 6.36. The van der Waals surface area contributed by atoms with Gasteiger partial charge in [0.05, 0.1) is 11.4 Å². The third-order valence-electron chi connectivity index (χ3n) is 3.97. The van der Waals surface area contributed by atoms with Crippen LogP contribution in [0.25, 0.3) is 6.08 Å². The van der Waals surface area contributed by atoms with E-state index in [2.05, 4.69) is 5.32 Å². The number of hydrogen-bond donors (Lipinski definition) is 1. The Balaban J connectivity index is 1.60. The molecule has 0 spiro atoms. The lowest BCUT2D eigenvalue weighted by molar-refractivity contribution is -0.116. The molecule has 118 valence electrons. The molecule has 1 aliphatic heterocycles. The molecule has 1 saturated carbocycles. The molecular formula is C16H20N2O3S. The molecule has 5 nitrogen and oxygen atoms in total. The van der Waals surface area contributed by atoms with Crippen LogP contribution in [0.1, 0.15) is 24.8 Å². The summed E-state index contributed by atoms with van der Waals surface area (Å²) in [4.78, 5) is 11.6. The van der Waals surface area contributed by atoms with Gasteiger partial charge in [-0.05, 0) is 49.0 Å². The number of carbonyl (C=O) groups excluding carboxylic acids is 1. The third-order valence-corrected chi connectivity index (χ3v) is 5.84. The quantitative estimate of drug-likeness (QED) is 0.841. The Kier molecular flexibility index (Phi) is 4.20. The van der Waals surface area contributed by atoms with E-state index in [0.717, 1.165) is 12.1 Å². The minimum absolute atomic E-state index is 0.0851. The Bertz CT molecular complexity index is 676. The van der Waals surface area contributed by atoms with Crippen molar-refractivity contribution >= 4 is 27.7 Å². The van der Waals surface area contributed by atoms with Crippen LogP contribution in [0.4, 0.5) is 5.69 Å². The maximum Gasteiger partial charge on any atom is 0.244 e. The second kappa shape index (κ2) is 6.12. The van der Waals surface area contributed by atoms with Gasteiger partial charge in [-0.2, -0.15) is 0 Å². The standard InChI is InChI=1S/C16H20N2O3S/c19-16(17-12-14-2-3-14)9-6-13-4-7-15(8-5-13)18-10-1-11-22(18,20)21/h4-9,14H,1-3,10-12H2,(H,17,19). The van der Waals surface area contributed by atoms with Crippen LogP contribution in [-0.2, 0) is 14.8 Å². The van der Waals surface area contributed by atoms with E-state index in [1.54, 1.807) is 18.2 Å². The van der Waals surface area contributed by atoms with Gasteiger partial charge in [0.2, 0.25) is 15.9 Å². The van der Waals surface area contributed by atoms with Gasteiger partial charge >= 0.3 is 0 Å². The second-order valence-corrected chi connectivity index (χ2v) is 7.87. The van der Waals surface area contributed by atoms with E-state index in [1.165, 1.54) is 23.2 Å². The van der Waals surface area contributed by atoms with Gasteiger partial charge in [0, 0.05) is 19.2 Å². The highest BCUT2D eigenvalue weighted by molar-refractivity contribution is 7.93. The smallest absolute Gasteiger partial charge is 0.244 e. The second-order valence-electron chi connectivity index (χ2n) is 5.86. The summed E-state index contributed by atoms with van der Waals surface area (Å²) >= 11 is 0. The van der Waals surface area contributed by atoms with Crippen molar-refractivity contribution in [2.45, 2.75) is 19.3 Å². The first-order valence-electron chi connectivity index (χ1n) is 7.61. The highest BCUT2D eigenvalue weighted by Crippen LogP contribution is 2.27. The SMILES string of the molecule is O=C(C=Cc1ccc(N2CCCS2(=O)=O)cc1)NCC1CC1. The zero-order chi connectivity index (χ0) is 15.6. The van der Waals surface area contributed by atoms with E-state index >= 15 is 0 Å². The molecule has 22 heavy (non-hydrogen) atoms. The Morgan fingerprint density at radius 1 is 1.27 bits per heavy atom. The van der Waals surface area contributed by atoms with Crippen LogP contribution in [-0.4, -0.2) is 33.2 Å². The molecule has 0 atom stereocenters. The fourth-order valence-corrected chi connectivity index (χ4v) is 4.04. The highest BCUT2D eigenvalue weighted by atomic mass is 32.2. The maximum atomic E-state index is 11.9. The normalized spacial score (nSPS) is 20.5. The molecule has 0 bridgehead atoms. The Morgan fingerprint density at radius 3 is 2.59 bits per heavy atom. The molecule has 0 unspecified atom stereocenters.